The number of ether oxygens (including phenoxy) is 1. The standard InChI is InChI=1S/C27H31N3O5/c1-5-29(6-2)11-12-30-24(18-7-9-19(10-8-18)34-15-22(28)31)23-25(32)20-13-16(3)17(4)14-21(20)35-26(23)27(30)33/h7-10,13-14,24H,5-6,11-12,15H2,1-4H3,(H2,28,31). The van der Waals surface area contributed by atoms with Crippen molar-refractivity contribution in [3.8, 4) is 5.75 Å². The Morgan fingerprint density at radius 1 is 1.09 bits per heavy atom. The van der Waals surface area contributed by atoms with E-state index in [1.165, 1.54) is 0 Å². The Balaban J connectivity index is 1.81. The minimum atomic E-state index is -0.583. The first-order valence-corrected chi connectivity index (χ1v) is 11.9. The number of carbonyl (C=O) groups is 2. The molecule has 2 heterocycles. The molecule has 0 saturated heterocycles. The van der Waals surface area contributed by atoms with Gasteiger partial charge < -0.3 is 24.7 Å². The van der Waals surface area contributed by atoms with Crippen LogP contribution < -0.4 is 15.9 Å². The summed E-state index contributed by atoms with van der Waals surface area (Å²) in [7, 11) is 0. The van der Waals surface area contributed by atoms with E-state index in [1.807, 2.05) is 26.0 Å². The van der Waals surface area contributed by atoms with Crippen molar-refractivity contribution in [2.24, 2.45) is 5.73 Å². The first-order valence-electron chi connectivity index (χ1n) is 11.9. The molecule has 0 radical (unpaired) electrons. The van der Waals surface area contributed by atoms with Crippen LogP contribution in [0.2, 0.25) is 0 Å². The van der Waals surface area contributed by atoms with Crippen molar-refractivity contribution in [3.63, 3.8) is 0 Å². The molecule has 0 bridgehead atoms. The van der Waals surface area contributed by atoms with Crippen molar-refractivity contribution in [2.45, 2.75) is 33.7 Å². The zero-order valence-corrected chi connectivity index (χ0v) is 20.6. The third-order valence-electron chi connectivity index (χ3n) is 6.71. The number of primary amides is 1. The largest absolute Gasteiger partial charge is 0.484 e. The normalized spacial score (nSPS) is 15.2. The van der Waals surface area contributed by atoms with Crippen LogP contribution in [-0.2, 0) is 4.79 Å². The van der Waals surface area contributed by atoms with Crippen molar-refractivity contribution in [2.75, 3.05) is 32.8 Å². The van der Waals surface area contributed by atoms with Crippen LogP contribution >= 0.6 is 0 Å². The van der Waals surface area contributed by atoms with Crippen LogP contribution in [0.15, 0.2) is 45.6 Å². The Hall–Kier alpha value is -3.65. The lowest BCUT2D eigenvalue weighted by Gasteiger charge is -2.28. The molecule has 2 N–H and O–H groups in total. The fraction of sp³-hybridized carbons (Fsp3) is 0.370. The lowest BCUT2D eigenvalue weighted by atomic mass is 9.97. The van der Waals surface area contributed by atoms with Crippen LogP contribution in [0.1, 0.15) is 52.7 Å². The average Bonchev–Trinajstić information content (AvgIpc) is 3.12. The lowest BCUT2D eigenvalue weighted by molar-refractivity contribution is -0.119. The molecule has 1 aromatic heterocycles. The quantitative estimate of drug-likeness (QED) is 0.507. The van der Waals surface area contributed by atoms with Crippen LogP contribution in [0, 0.1) is 13.8 Å². The summed E-state index contributed by atoms with van der Waals surface area (Å²) in [5.74, 6) is -0.279. The molecule has 0 fully saturated rings. The van der Waals surface area contributed by atoms with E-state index in [1.54, 1.807) is 29.2 Å². The molecule has 35 heavy (non-hydrogen) atoms. The Kier molecular flexibility index (Phi) is 6.93. The van der Waals surface area contributed by atoms with Crippen LogP contribution in [-0.4, -0.2) is 54.4 Å². The van der Waals surface area contributed by atoms with Gasteiger partial charge in [0.05, 0.1) is 17.0 Å². The van der Waals surface area contributed by atoms with Gasteiger partial charge in [0.2, 0.25) is 5.76 Å². The van der Waals surface area contributed by atoms with E-state index in [9.17, 15) is 14.4 Å². The molecular weight excluding hydrogens is 446 g/mol. The number of rotatable bonds is 9. The van der Waals surface area contributed by atoms with E-state index in [0.717, 1.165) is 29.8 Å². The van der Waals surface area contributed by atoms with Crippen molar-refractivity contribution in [3.05, 3.63) is 74.6 Å². The summed E-state index contributed by atoms with van der Waals surface area (Å²) in [6.45, 7) is 10.7. The van der Waals surface area contributed by atoms with Gasteiger partial charge >= 0.3 is 0 Å². The predicted octanol–water partition coefficient (Wildman–Crippen LogP) is 3.16. The summed E-state index contributed by atoms with van der Waals surface area (Å²) in [6.07, 6.45) is 0. The molecule has 1 atom stereocenters. The Bertz CT molecular complexity index is 1330. The fourth-order valence-corrected chi connectivity index (χ4v) is 4.54. The van der Waals surface area contributed by atoms with Gasteiger partial charge in [0.15, 0.2) is 12.0 Å². The maximum Gasteiger partial charge on any atom is 0.290 e. The maximum atomic E-state index is 13.7. The number of fused-ring (bicyclic) bond motifs is 2. The van der Waals surface area contributed by atoms with E-state index in [0.29, 0.717) is 35.4 Å². The van der Waals surface area contributed by atoms with Gasteiger partial charge in [0.1, 0.15) is 11.3 Å². The molecule has 0 saturated carbocycles. The molecule has 4 rings (SSSR count). The number of likely N-dealkylation sites (N-methyl/N-ethyl adjacent to an activating group) is 1. The number of carbonyl (C=O) groups excluding carboxylic acids is 2. The van der Waals surface area contributed by atoms with Gasteiger partial charge in [-0.1, -0.05) is 26.0 Å². The zero-order chi connectivity index (χ0) is 25.3. The number of nitrogens with zero attached hydrogens (tertiary/aromatic N) is 2. The smallest absolute Gasteiger partial charge is 0.290 e. The fourth-order valence-electron chi connectivity index (χ4n) is 4.54. The number of aryl methyl sites for hydroxylation is 2. The second kappa shape index (κ2) is 9.92. The summed E-state index contributed by atoms with van der Waals surface area (Å²) in [5, 5.41) is 0.469. The molecule has 8 heteroatoms. The van der Waals surface area contributed by atoms with Gasteiger partial charge in [0, 0.05) is 13.1 Å². The summed E-state index contributed by atoms with van der Waals surface area (Å²) in [6, 6.07) is 10.1. The highest BCUT2D eigenvalue weighted by molar-refractivity contribution is 5.99. The SMILES string of the molecule is CCN(CC)CCN1C(=O)c2oc3cc(C)c(C)cc3c(=O)c2C1c1ccc(OCC(N)=O)cc1. The molecule has 8 nitrogen and oxygen atoms in total. The summed E-state index contributed by atoms with van der Waals surface area (Å²) in [4.78, 5) is 42.3. The van der Waals surface area contributed by atoms with Crippen molar-refractivity contribution >= 4 is 22.8 Å². The Labute approximate surface area is 204 Å². The highest BCUT2D eigenvalue weighted by atomic mass is 16.5. The van der Waals surface area contributed by atoms with E-state index in [2.05, 4.69) is 18.7 Å². The molecule has 1 aliphatic rings. The Morgan fingerprint density at radius 3 is 2.37 bits per heavy atom. The summed E-state index contributed by atoms with van der Waals surface area (Å²) in [5.41, 5.74) is 8.49. The molecule has 1 unspecified atom stereocenters. The second-order valence-electron chi connectivity index (χ2n) is 8.86. The highest BCUT2D eigenvalue weighted by Gasteiger charge is 2.42. The maximum absolute atomic E-state index is 13.7. The lowest BCUT2D eigenvalue weighted by Crippen LogP contribution is -2.37. The molecule has 0 aliphatic carbocycles. The third-order valence-corrected chi connectivity index (χ3v) is 6.71. The molecule has 184 valence electrons. The van der Waals surface area contributed by atoms with E-state index < -0.39 is 11.9 Å². The minimum absolute atomic E-state index is 0.101. The summed E-state index contributed by atoms with van der Waals surface area (Å²) < 4.78 is 11.5. The van der Waals surface area contributed by atoms with Crippen LogP contribution in [0.5, 0.6) is 5.75 Å². The molecule has 2 amide bonds. The van der Waals surface area contributed by atoms with E-state index in [-0.39, 0.29) is 23.7 Å². The second-order valence-corrected chi connectivity index (χ2v) is 8.86. The van der Waals surface area contributed by atoms with Crippen LogP contribution in [0.3, 0.4) is 0 Å². The number of amides is 2. The number of hydrogen-bond acceptors (Lipinski definition) is 6. The monoisotopic (exact) mass is 477 g/mol. The van der Waals surface area contributed by atoms with Crippen molar-refractivity contribution in [1.29, 1.82) is 0 Å². The summed E-state index contributed by atoms with van der Waals surface area (Å²) >= 11 is 0. The van der Waals surface area contributed by atoms with Gasteiger partial charge in [-0.2, -0.15) is 0 Å². The van der Waals surface area contributed by atoms with Crippen molar-refractivity contribution in [1.82, 2.24) is 9.80 Å². The predicted molar refractivity (Wildman–Crippen MR) is 134 cm³/mol. The van der Waals surface area contributed by atoms with Gasteiger partial charge in [0.25, 0.3) is 11.8 Å². The molecule has 0 spiro atoms. The highest BCUT2D eigenvalue weighted by Crippen LogP contribution is 2.38. The Morgan fingerprint density at radius 2 is 1.74 bits per heavy atom. The van der Waals surface area contributed by atoms with Crippen molar-refractivity contribution < 1.29 is 18.7 Å². The van der Waals surface area contributed by atoms with Gasteiger partial charge in [-0.25, -0.2) is 0 Å². The molecule has 2 aromatic carbocycles. The molecular formula is C27H31N3O5. The van der Waals surface area contributed by atoms with E-state index in [4.69, 9.17) is 14.9 Å². The van der Waals surface area contributed by atoms with Gasteiger partial charge in [-0.15, -0.1) is 0 Å². The number of hydrogen-bond donors (Lipinski definition) is 1. The van der Waals surface area contributed by atoms with Crippen LogP contribution in [0.4, 0.5) is 0 Å². The van der Waals surface area contributed by atoms with Gasteiger partial charge in [-0.05, 0) is 67.9 Å². The number of benzene rings is 2. The topological polar surface area (TPSA) is 106 Å². The number of nitrogens with two attached hydrogens (primary N) is 1. The minimum Gasteiger partial charge on any atom is -0.484 e. The van der Waals surface area contributed by atoms with Gasteiger partial charge in [-0.3, -0.25) is 14.4 Å². The zero-order valence-electron chi connectivity index (χ0n) is 20.6. The van der Waals surface area contributed by atoms with E-state index >= 15 is 0 Å². The molecule has 1 aliphatic heterocycles. The first-order chi connectivity index (χ1) is 16.7. The average molecular weight is 478 g/mol. The molecule has 3 aromatic rings. The third kappa shape index (κ3) is 4.66. The van der Waals surface area contributed by atoms with Crippen LogP contribution in [0.25, 0.3) is 11.0 Å². The first kappa shape index (κ1) is 24.5.